The number of anilines is 2. The fourth-order valence-corrected chi connectivity index (χ4v) is 1.69. The van der Waals surface area contributed by atoms with Crippen molar-refractivity contribution >= 4 is 21.6 Å². The molecule has 0 saturated carbocycles. The van der Waals surface area contributed by atoms with E-state index in [1.165, 1.54) is 6.26 Å². The first-order valence-corrected chi connectivity index (χ1v) is 6.53. The molecule has 0 bridgehead atoms. The number of nitrogens with two attached hydrogens (primary N) is 1. The van der Waals surface area contributed by atoms with Crippen molar-refractivity contribution in [3.8, 4) is 0 Å². The summed E-state index contributed by atoms with van der Waals surface area (Å²) in [5.41, 5.74) is 5.37. The summed E-state index contributed by atoms with van der Waals surface area (Å²) in [6.07, 6.45) is 3.31. The van der Waals surface area contributed by atoms with E-state index in [9.17, 15) is 8.42 Å². The number of rotatable bonds is 5. The minimum absolute atomic E-state index is 0.167. The van der Waals surface area contributed by atoms with E-state index in [0.29, 0.717) is 18.8 Å². The molecule has 6 nitrogen and oxygen atoms in total. The van der Waals surface area contributed by atoms with Crippen LogP contribution in [0.25, 0.3) is 0 Å². The fraction of sp³-hybridized carbons (Fsp3) is 0.500. The SMILES string of the molecule is CS(=O)(=O)CCCNc1ccnc(N)n1. The molecule has 15 heavy (non-hydrogen) atoms. The van der Waals surface area contributed by atoms with Crippen LogP contribution in [-0.4, -0.2) is 36.9 Å². The number of sulfone groups is 1. The Hall–Kier alpha value is -1.37. The molecule has 0 radical (unpaired) electrons. The van der Waals surface area contributed by atoms with Gasteiger partial charge in [-0.1, -0.05) is 0 Å². The third-order valence-electron chi connectivity index (χ3n) is 1.67. The molecule has 3 N–H and O–H groups in total. The largest absolute Gasteiger partial charge is 0.370 e. The molecule has 0 spiro atoms. The Balaban J connectivity index is 2.32. The third-order valence-corrected chi connectivity index (χ3v) is 2.70. The van der Waals surface area contributed by atoms with Crippen LogP contribution in [0.15, 0.2) is 12.3 Å². The van der Waals surface area contributed by atoms with Crippen LogP contribution in [0.3, 0.4) is 0 Å². The zero-order valence-electron chi connectivity index (χ0n) is 8.47. The first kappa shape index (κ1) is 11.7. The van der Waals surface area contributed by atoms with Crippen LogP contribution in [0.5, 0.6) is 0 Å². The van der Waals surface area contributed by atoms with Gasteiger partial charge >= 0.3 is 0 Å². The summed E-state index contributed by atoms with van der Waals surface area (Å²) in [5.74, 6) is 0.972. The molecule has 0 aliphatic heterocycles. The monoisotopic (exact) mass is 230 g/mol. The highest BCUT2D eigenvalue weighted by Gasteiger charge is 2.01. The second kappa shape index (κ2) is 4.92. The van der Waals surface area contributed by atoms with E-state index in [4.69, 9.17) is 5.73 Å². The molecule has 0 unspecified atom stereocenters. The second-order valence-electron chi connectivity index (χ2n) is 3.21. The first-order valence-electron chi connectivity index (χ1n) is 4.47. The second-order valence-corrected chi connectivity index (χ2v) is 5.47. The minimum atomic E-state index is -2.88. The maximum absolute atomic E-state index is 10.8. The molecule has 0 amide bonds. The third kappa shape index (κ3) is 5.16. The van der Waals surface area contributed by atoms with Gasteiger partial charge in [-0.2, -0.15) is 4.98 Å². The molecular formula is C8H14N4O2S. The van der Waals surface area contributed by atoms with Crippen molar-refractivity contribution in [1.29, 1.82) is 0 Å². The molecule has 84 valence electrons. The number of nitrogen functional groups attached to an aromatic ring is 1. The molecule has 0 atom stereocenters. The van der Waals surface area contributed by atoms with Gasteiger partial charge in [0.1, 0.15) is 15.7 Å². The first-order chi connectivity index (χ1) is 6.97. The molecule has 0 aromatic carbocycles. The van der Waals surface area contributed by atoms with Gasteiger partial charge in [-0.05, 0) is 12.5 Å². The lowest BCUT2D eigenvalue weighted by Crippen LogP contribution is -2.10. The Morgan fingerprint density at radius 2 is 2.27 bits per heavy atom. The Morgan fingerprint density at radius 3 is 2.87 bits per heavy atom. The van der Waals surface area contributed by atoms with Gasteiger partial charge in [0.2, 0.25) is 5.95 Å². The summed E-state index contributed by atoms with van der Waals surface area (Å²) < 4.78 is 21.6. The van der Waals surface area contributed by atoms with Gasteiger partial charge in [0.15, 0.2) is 0 Å². The Morgan fingerprint density at radius 1 is 1.53 bits per heavy atom. The highest BCUT2D eigenvalue weighted by Crippen LogP contribution is 2.02. The summed E-state index contributed by atoms with van der Waals surface area (Å²) in [7, 11) is -2.88. The zero-order chi connectivity index (χ0) is 11.3. The van der Waals surface area contributed by atoms with Crippen LogP contribution in [0.2, 0.25) is 0 Å². The van der Waals surface area contributed by atoms with Crippen molar-refractivity contribution in [2.24, 2.45) is 0 Å². The van der Waals surface area contributed by atoms with Crippen LogP contribution in [0, 0.1) is 0 Å². The van der Waals surface area contributed by atoms with Crippen molar-refractivity contribution in [3.63, 3.8) is 0 Å². The van der Waals surface area contributed by atoms with Crippen LogP contribution in [0.4, 0.5) is 11.8 Å². The van der Waals surface area contributed by atoms with E-state index in [0.717, 1.165) is 0 Å². The van der Waals surface area contributed by atoms with Gasteiger partial charge in [-0.3, -0.25) is 0 Å². The molecule has 0 fully saturated rings. The lowest BCUT2D eigenvalue weighted by molar-refractivity contribution is 0.600. The lowest BCUT2D eigenvalue weighted by Gasteiger charge is -2.04. The van der Waals surface area contributed by atoms with Crippen molar-refractivity contribution in [2.75, 3.05) is 29.6 Å². The van der Waals surface area contributed by atoms with E-state index in [1.54, 1.807) is 12.3 Å². The maximum atomic E-state index is 10.8. The van der Waals surface area contributed by atoms with Crippen LogP contribution < -0.4 is 11.1 Å². The van der Waals surface area contributed by atoms with Crippen molar-refractivity contribution in [3.05, 3.63) is 12.3 Å². The maximum Gasteiger partial charge on any atom is 0.221 e. The van der Waals surface area contributed by atoms with Crippen molar-refractivity contribution < 1.29 is 8.42 Å². The quantitative estimate of drug-likeness (QED) is 0.686. The smallest absolute Gasteiger partial charge is 0.221 e. The Labute approximate surface area is 88.8 Å². The summed E-state index contributed by atoms with van der Waals surface area (Å²) in [6, 6.07) is 1.68. The van der Waals surface area contributed by atoms with E-state index in [1.807, 2.05) is 0 Å². The van der Waals surface area contributed by atoms with Crippen LogP contribution in [-0.2, 0) is 9.84 Å². The normalized spacial score (nSPS) is 11.3. The topological polar surface area (TPSA) is 98.0 Å². The summed E-state index contributed by atoms with van der Waals surface area (Å²) >= 11 is 0. The predicted molar refractivity (Wildman–Crippen MR) is 59.3 cm³/mol. The minimum Gasteiger partial charge on any atom is -0.370 e. The molecule has 1 heterocycles. The highest BCUT2D eigenvalue weighted by atomic mass is 32.2. The van der Waals surface area contributed by atoms with E-state index in [2.05, 4.69) is 15.3 Å². The number of hydrogen-bond donors (Lipinski definition) is 2. The fourth-order valence-electron chi connectivity index (χ4n) is 1.02. The average molecular weight is 230 g/mol. The molecule has 0 aliphatic rings. The summed E-state index contributed by atoms with van der Waals surface area (Å²) in [6.45, 7) is 0.545. The summed E-state index contributed by atoms with van der Waals surface area (Å²) in [4.78, 5) is 7.65. The molecule has 7 heteroatoms. The van der Waals surface area contributed by atoms with Gasteiger partial charge in [-0.25, -0.2) is 13.4 Å². The van der Waals surface area contributed by atoms with Gasteiger partial charge in [0.05, 0.1) is 5.75 Å². The average Bonchev–Trinajstić information content (AvgIpc) is 2.11. The molecule has 1 aromatic rings. The molecule has 0 saturated heterocycles. The van der Waals surface area contributed by atoms with Gasteiger partial charge in [0, 0.05) is 19.0 Å². The molecule has 0 aliphatic carbocycles. The van der Waals surface area contributed by atoms with Crippen LogP contribution >= 0.6 is 0 Å². The lowest BCUT2D eigenvalue weighted by atomic mass is 10.4. The van der Waals surface area contributed by atoms with Gasteiger partial charge in [0.25, 0.3) is 0 Å². The number of hydrogen-bond acceptors (Lipinski definition) is 6. The number of nitrogens with zero attached hydrogens (tertiary/aromatic N) is 2. The Bertz CT molecular complexity index is 418. The molecule has 1 aromatic heterocycles. The standard InChI is InChI=1S/C8H14N4O2S/c1-15(13,14)6-2-4-10-7-3-5-11-8(9)12-7/h3,5H,2,4,6H2,1H3,(H3,9,10,11,12). The number of nitrogens with one attached hydrogen (secondary N) is 1. The molecule has 1 rings (SSSR count). The zero-order valence-corrected chi connectivity index (χ0v) is 9.29. The van der Waals surface area contributed by atoms with Crippen molar-refractivity contribution in [2.45, 2.75) is 6.42 Å². The van der Waals surface area contributed by atoms with E-state index >= 15 is 0 Å². The highest BCUT2D eigenvalue weighted by molar-refractivity contribution is 7.90. The van der Waals surface area contributed by atoms with Crippen molar-refractivity contribution in [1.82, 2.24) is 9.97 Å². The molecular weight excluding hydrogens is 216 g/mol. The van der Waals surface area contributed by atoms with E-state index < -0.39 is 9.84 Å². The predicted octanol–water partition coefficient (Wildman–Crippen LogP) is -0.0946. The summed E-state index contributed by atoms with van der Waals surface area (Å²) in [5, 5.41) is 2.96. The van der Waals surface area contributed by atoms with Gasteiger partial charge < -0.3 is 11.1 Å². The van der Waals surface area contributed by atoms with Crippen LogP contribution in [0.1, 0.15) is 6.42 Å². The van der Waals surface area contributed by atoms with E-state index in [-0.39, 0.29) is 11.7 Å². The number of aromatic nitrogens is 2. The van der Waals surface area contributed by atoms with Gasteiger partial charge in [-0.15, -0.1) is 0 Å². The Kier molecular flexibility index (Phi) is 3.84.